The molecule has 4 heterocycles. The molecule has 0 saturated carbocycles. The molecule has 10 heteroatoms. The summed E-state index contributed by atoms with van der Waals surface area (Å²) in [6.07, 6.45) is 2.19. The van der Waals surface area contributed by atoms with Crippen LogP contribution in [0.15, 0.2) is 35.5 Å². The van der Waals surface area contributed by atoms with E-state index in [2.05, 4.69) is 20.3 Å². The van der Waals surface area contributed by atoms with Crippen LogP contribution in [0.25, 0.3) is 10.9 Å². The predicted molar refractivity (Wildman–Crippen MR) is 111 cm³/mol. The number of hydrogen-bond acceptors (Lipinski definition) is 7. The first kappa shape index (κ1) is 18.5. The Morgan fingerprint density at radius 2 is 2.03 bits per heavy atom. The zero-order valence-corrected chi connectivity index (χ0v) is 16.5. The largest absolute Gasteiger partial charge is 0.357 e. The molecule has 1 saturated heterocycles. The number of fused-ring (bicyclic) bond motifs is 4. The van der Waals surface area contributed by atoms with Gasteiger partial charge in [-0.15, -0.1) is 0 Å². The summed E-state index contributed by atoms with van der Waals surface area (Å²) >= 11 is 0. The fourth-order valence-corrected chi connectivity index (χ4v) is 4.25. The van der Waals surface area contributed by atoms with Gasteiger partial charge in [-0.05, 0) is 12.1 Å². The Morgan fingerprint density at radius 3 is 2.83 bits per heavy atom. The van der Waals surface area contributed by atoms with E-state index < -0.39 is 6.17 Å². The first-order valence-corrected chi connectivity index (χ1v) is 9.69. The summed E-state index contributed by atoms with van der Waals surface area (Å²) in [6, 6.07) is 4.93. The summed E-state index contributed by atoms with van der Waals surface area (Å²) in [5, 5.41) is 3.29. The van der Waals surface area contributed by atoms with Gasteiger partial charge in [-0.3, -0.25) is 9.59 Å². The molecule has 0 unspecified atom stereocenters. The predicted octanol–water partition coefficient (Wildman–Crippen LogP) is 1.34. The van der Waals surface area contributed by atoms with Crippen molar-refractivity contribution in [2.45, 2.75) is 18.6 Å². The zero-order chi connectivity index (χ0) is 21.0. The lowest BCUT2D eigenvalue weighted by molar-refractivity contribution is 0.0988. The molecule has 3 aromatic rings. The summed E-state index contributed by atoms with van der Waals surface area (Å²) < 4.78 is 15.7. The number of aryl methyl sites for hydroxylation is 1. The monoisotopic (exact) mass is 409 g/mol. The lowest BCUT2D eigenvalue weighted by Gasteiger charge is -2.27. The zero-order valence-electron chi connectivity index (χ0n) is 16.5. The van der Waals surface area contributed by atoms with E-state index in [1.165, 1.54) is 17.1 Å². The Balaban J connectivity index is 1.70. The van der Waals surface area contributed by atoms with E-state index in [9.17, 15) is 14.0 Å². The molecule has 0 bridgehead atoms. The van der Waals surface area contributed by atoms with Crippen molar-refractivity contribution < 1.29 is 9.18 Å². The number of carbonyl (C=O) groups is 1. The van der Waals surface area contributed by atoms with Crippen molar-refractivity contribution in [1.82, 2.24) is 19.5 Å². The van der Waals surface area contributed by atoms with Crippen molar-refractivity contribution in [3.8, 4) is 0 Å². The van der Waals surface area contributed by atoms with Gasteiger partial charge in [0.2, 0.25) is 5.95 Å². The quantitative estimate of drug-likeness (QED) is 0.682. The molecule has 0 radical (unpaired) electrons. The maximum absolute atomic E-state index is 14.4. The summed E-state index contributed by atoms with van der Waals surface area (Å²) in [4.78, 5) is 42.5. The molecule has 5 rings (SSSR count). The number of alkyl halides is 1. The highest BCUT2D eigenvalue weighted by molar-refractivity contribution is 6.13. The number of halogens is 1. The van der Waals surface area contributed by atoms with E-state index in [4.69, 9.17) is 0 Å². The van der Waals surface area contributed by atoms with Gasteiger partial charge in [-0.25, -0.2) is 14.4 Å². The van der Waals surface area contributed by atoms with Crippen molar-refractivity contribution in [2.75, 3.05) is 35.3 Å². The average molecular weight is 409 g/mol. The van der Waals surface area contributed by atoms with Crippen LogP contribution in [0.5, 0.6) is 0 Å². The highest BCUT2D eigenvalue weighted by atomic mass is 19.1. The number of hydrogen-bond donors (Lipinski definition) is 1. The molecule has 2 aliphatic heterocycles. The van der Waals surface area contributed by atoms with Gasteiger partial charge in [0.1, 0.15) is 23.1 Å². The molecule has 1 fully saturated rings. The van der Waals surface area contributed by atoms with Crippen LogP contribution in [-0.4, -0.2) is 57.8 Å². The van der Waals surface area contributed by atoms with Crippen LogP contribution in [0.3, 0.4) is 0 Å². The van der Waals surface area contributed by atoms with Gasteiger partial charge in [-0.2, -0.15) is 4.98 Å². The Morgan fingerprint density at radius 1 is 1.20 bits per heavy atom. The van der Waals surface area contributed by atoms with E-state index in [0.717, 1.165) is 0 Å². The highest BCUT2D eigenvalue weighted by Gasteiger charge is 2.41. The van der Waals surface area contributed by atoms with Crippen LogP contribution in [0.4, 0.5) is 21.8 Å². The van der Waals surface area contributed by atoms with Gasteiger partial charge in [0.15, 0.2) is 0 Å². The number of anilines is 3. The van der Waals surface area contributed by atoms with Crippen LogP contribution < -0.4 is 20.7 Å². The molecule has 1 amide bonds. The van der Waals surface area contributed by atoms with Gasteiger partial charge in [-0.1, -0.05) is 6.07 Å². The van der Waals surface area contributed by atoms with Crippen LogP contribution >= 0.6 is 0 Å². The van der Waals surface area contributed by atoms with Gasteiger partial charge in [0.25, 0.3) is 11.5 Å². The third-order valence-electron chi connectivity index (χ3n) is 5.71. The Labute approximate surface area is 171 Å². The number of nitrogens with one attached hydrogen (secondary N) is 1. The lowest BCUT2D eigenvalue weighted by Crippen LogP contribution is -2.40. The van der Waals surface area contributed by atoms with Crippen LogP contribution in [0.2, 0.25) is 0 Å². The van der Waals surface area contributed by atoms with E-state index >= 15 is 0 Å². The Bertz CT molecular complexity index is 1230. The molecule has 1 N–H and O–H groups in total. The smallest absolute Gasteiger partial charge is 0.263 e. The molecule has 30 heavy (non-hydrogen) atoms. The summed E-state index contributed by atoms with van der Waals surface area (Å²) in [6.45, 7) is 0.438. The van der Waals surface area contributed by atoms with E-state index in [1.54, 1.807) is 37.2 Å². The summed E-state index contributed by atoms with van der Waals surface area (Å²) in [5.41, 5.74) is 1.05. The first-order valence-electron chi connectivity index (χ1n) is 9.69. The second kappa shape index (κ2) is 6.75. The molecule has 154 valence electrons. The maximum Gasteiger partial charge on any atom is 0.263 e. The van der Waals surface area contributed by atoms with Gasteiger partial charge >= 0.3 is 0 Å². The average Bonchev–Trinajstić information content (AvgIpc) is 3.09. The molecule has 2 aromatic heterocycles. The Hall–Kier alpha value is -3.56. The number of rotatable bonds is 2. The van der Waals surface area contributed by atoms with Crippen molar-refractivity contribution in [1.29, 1.82) is 0 Å². The minimum absolute atomic E-state index is 0.174. The number of nitrogens with zero attached hydrogens (tertiary/aromatic N) is 6. The lowest BCUT2D eigenvalue weighted by atomic mass is 10.1. The number of carbonyl (C=O) groups excluding carboxylic acids is 1. The third kappa shape index (κ3) is 2.71. The standard InChI is InChI=1S/C20H20FN7O2/c1-22-20-23-7-14-17(25-20)27-8-11(21)6-12(27)9-28(19(14)30)15-5-3-4-13-16(15)24-10-26(2)18(13)29/h3-5,7,10-12H,6,8-9H2,1-2H3,(H,22,23,25)/t11-,12-/m0/s1. The van der Waals surface area contributed by atoms with Gasteiger partial charge < -0.3 is 19.7 Å². The molecular weight excluding hydrogens is 389 g/mol. The van der Waals surface area contributed by atoms with Crippen molar-refractivity contribution in [3.63, 3.8) is 0 Å². The molecule has 2 atom stereocenters. The number of aromatic nitrogens is 4. The second-order valence-corrected chi connectivity index (χ2v) is 7.57. The maximum atomic E-state index is 14.4. The topological polar surface area (TPSA) is 96.2 Å². The van der Waals surface area contributed by atoms with Crippen LogP contribution in [0.1, 0.15) is 16.8 Å². The minimum Gasteiger partial charge on any atom is -0.357 e. The fraction of sp³-hybridized carbons (Fsp3) is 0.350. The number of amides is 1. The third-order valence-corrected chi connectivity index (χ3v) is 5.71. The molecule has 0 aliphatic carbocycles. The Kier molecular flexibility index (Phi) is 4.16. The normalized spacial score (nSPS) is 20.8. The van der Waals surface area contributed by atoms with Crippen molar-refractivity contribution in [3.05, 3.63) is 46.6 Å². The van der Waals surface area contributed by atoms with E-state index in [-0.39, 0.29) is 30.6 Å². The van der Waals surface area contributed by atoms with Crippen molar-refractivity contribution >= 4 is 34.3 Å². The molecule has 2 aliphatic rings. The molecule has 9 nitrogen and oxygen atoms in total. The SMILES string of the molecule is CNc1ncc2c(n1)N1C[C@@H](F)C[C@H]1CN(c1cccc3c(=O)n(C)cnc13)C2=O. The fourth-order valence-electron chi connectivity index (χ4n) is 4.25. The minimum atomic E-state index is -1.01. The summed E-state index contributed by atoms with van der Waals surface area (Å²) in [5.74, 6) is 0.495. The van der Waals surface area contributed by atoms with E-state index in [1.807, 2.05) is 4.90 Å². The summed E-state index contributed by atoms with van der Waals surface area (Å²) in [7, 11) is 3.32. The second-order valence-electron chi connectivity index (χ2n) is 7.57. The van der Waals surface area contributed by atoms with Crippen LogP contribution in [0, 0.1) is 0 Å². The van der Waals surface area contributed by atoms with Crippen LogP contribution in [-0.2, 0) is 7.05 Å². The molecule has 1 aromatic carbocycles. The number of benzene rings is 1. The van der Waals surface area contributed by atoms with Gasteiger partial charge in [0.05, 0.1) is 30.0 Å². The molecular formula is C20H20FN7O2. The van der Waals surface area contributed by atoms with Crippen molar-refractivity contribution in [2.24, 2.45) is 7.05 Å². The highest BCUT2D eigenvalue weighted by Crippen LogP contribution is 2.36. The first-order chi connectivity index (χ1) is 14.5. The molecule has 0 spiro atoms. The number of para-hydroxylation sites is 1. The van der Waals surface area contributed by atoms with Gasteiger partial charge in [0, 0.05) is 33.3 Å². The van der Waals surface area contributed by atoms with E-state index in [0.29, 0.717) is 40.3 Å².